The van der Waals surface area contributed by atoms with E-state index in [-0.39, 0.29) is 6.54 Å². The minimum Gasteiger partial charge on any atom is -0.468 e. The Morgan fingerprint density at radius 3 is 2.15 bits per heavy atom. The predicted molar refractivity (Wildman–Crippen MR) is 65.0 cm³/mol. The van der Waals surface area contributed by atoms with Gasteiger partial charge in [0.1, 0.15) is 6.54 Å². The maximum absolute atomic E-state index is 12.3. The molecule has 1 aromatic rings. The molecule has 0 aromatic heterocycles. The normalized spacial score (nSPS) is 12.1. The van der Waals surface area contributed by atoms with Crippen LogP contribution in [0, 0.1) is 0 Å². The fourth-order valence-electron chi connectivity index (χ4n) is 1.36. The number of benzene rings is 1. The summed E-state index contributed by atoms with van der Waals surface area (Å²) >= 11 is 0. The number of ether oxygens (including phenoxy) is 1. The molecule has 0 aliphatic rings. The zero-order valence-corrected chi connectivity index (χ0v) is 11.5. The number of halogens is 3. The molecule has 0 fully saturated rings. The first-order valence-electron chi connectivity index (χ1n) is 5.29. The number of carbonyl (C=O) groups excluding carboxylic acids is 1. The van der Waals surface area contributed by atoms with Gasteiger partial charge in [0.05, 0.1) is 12.0 Å². The summed E-state index contributed by atoms with van der Waals surface area (Å²) in [6.45, 7) is -0.109. The quantitative estimate of drug-likeness (QED) is 0.790. The molecule has 0 radical (unpaired) electrons. The van der Waals surface area contributed by atoms with Gasteiger partial charge in [-0.3, -0.25) is 4.79 Å². The molecule has 1 aromatic carbocycles. The SMILES string of the molecule is COC(=O)CN(C)c1ccc(S(=O)(=O)C(F)(F)F)cc1. The van der Waals surface area contributed by atoms with Crippen molar-refractivity contribution in [2.75, 3.05) is 25.6 Å². The minimum atomic E-state index is -5.36. The first-order valence-corrected chi connectivity index (χ1v) is 6.77. The van der Waals surface area contributed by atoms with E-state index in [9.17, 15) is 26.4 Å². The Hall–Kier alpha value is -1.77. The fourth-order valence-corrected chi connectivity index (χ4v) is 2.12. The molecule has 112 valence electrons. The van der Waals surface area contributed by atoms with Crippen molar-refractivity contribution in [2.45, 2.75) is 10.4 Å². The average molecular weight is 311 g/mol. The Kier molecular flexibility index (Phi) is 4.64. The second-order valence-electron chi connectivity index (χ2n) is 3.88. The molecule has 0 saturated carbocycles. The molecule has 5 nitrogen and oxygen atoms in total. The monoisotopic (exact) mass is 311 g/mol. The molecule has 0 spiro atoms. The first kappa shape index (κ1) is 16.3. The van der Waals surface area contributed by atoms with E-state index in [1.807, 2.05) is 0 Å². The highest BCUT2D eigenvalue weighted by molar-refractivity contribution is 7.92. The molecule has 20 heavy (non-hydrogen) atoms. The largest absolute Gasteiger partial charge is 0.501 e. The van der Waals surface area contributed by atoms with Gasteiger partial charge in [-0.15, -0.1) is 0 Å². The third-order valence-electron chi connectivity index (χ3n) is 2.49. The molecule has 0 saturated heterocycles. The highest BCUT2D eigenvalue weighted by Gasteiger charge is 2.46. The van der Waals surface area contributed by atoms with Crippen LogP contribution in [0.5, 0.6) is 0 Å². The van der Waals surface area contributed by atoms with Gasteiger partial charge >= 0.3 is 11.5 Å². The van der Waals surface area contributed by atoms with Crippen molar-refractivity contribution < 1.29 is 31.1 Å². The average Bonchev–Trinajstić information content (AvgIpc) is 2.37. The van der Waals surface area contributed by atoms with Crippen molar-refractivity contribution in [1.29, 1.82) is 0 Å². The number of alkyl halides is 3. The summed E-state index contributed by atoms with van der Waals surface area (Å²) in [5.74, 6) is -0.528. The molecule has 0 unspecified atom stereocenters. The Labute approximate surface area is 113 Å². The van der Waals surface area contributed by atoms with Crippen LogP contribution in [0.2, 0.25) is 0 Å². The molecule has 0 heterocycles. The number of nitrogens with zero attached hydrogens (tertiary/aromatic N) is 1. The van der Waals surface area contributed by atoms with E-state index < -0.39 is 26.2 Å². The van der Waals surface area contributed by atoms with Crippen LogP contribution in [0.4, 0.5) is 18.9 Å². The first-order chi connectivity index (χ1) is 9.09. The molecule has 0 N–H and O–H groups in total. The van der Waals surface area contributed by atoms with Crippen LogP contribution in [-0.4, -0.2) is 40.6 Å². The minimum absolute atomic E-state index is 0.109. The number of carbonyl (C=O) groups is 1. The van der Waals surface area contributed by atoms with Crippen molar-refractivity contribution in [3.8, 4) is 0 Å². The van der Waals surface area contributed by atoms with Crippen LogP contribution in [0.3, 0.4) is 0 Å². The second kappa shape index (κ2) is 5.70. The highest BCUT2D eigenvalue weighted by atomic mass is 32.2. The summed E-state index contributed by atoms with van der Waals surface area (Å²) in [5, 5.41) is 0. The molecular weight excluding hydrogens is 299 g/mol. The maximum atomic E-state index is 12.3. The van der Waals surface area contributed by atoms with Crippen molar-refractivity contribution in [2.24, 2.45) is 0 Å². The van der Waals surface area contributed by atoms with Gasteiger partial charge < -0.3 is 9.64 Å². The van der Waals surface area contributed by atoms with Crippen LogP contribution < -0.4 is 4.90 Å². The standard InChI is InChI=1S/C11H12F3NO4S/c1-15(7-10(16)19-2)8-3-5-9(6-4-8)20(17,18)11(12,13)14/h3-6H,7H2,1-2H3. The zero-order valence-electron chi connectivity index (χ0n) is 10.6. The van der Waals surface area contributed by atoms with Gasteiger partial charge in [-0.05, 0) is 24.3 Å². The molecule has 0 aliphatic heterocycles. The van der Waals surface area contributed by atoms with Gasteiger partial charge in [-0.25, -0.2) is 8.42 Å². The molecule has 0 aliphatic carbocycles. The number of hydrogen-bond acceptors (Lipinski definition) is 5. The molecule has 1 rings (SSSR count). The zero-order chi connectivity index (χ0) is 15.6. The van der Waals surface area contributed by atoms with E-state index >= 15 is 0 Å². The highest BCUT2D eigenvalue weighted by Crippen LogP contribution is 2.30. The van der Waals surface area contributed by atoms with Gasteiger partial charge in [0.15, 0.2) is 0 Å². The lowest BCUT2D eigenvalue weighted by Gasteiger charge is -2.18. The summed E-state index contributed by atoms with van der Waals surface area (Å²) in [5.41, 5.74) is -4.96. The summed E-state index contributed by atoms with van der Waals surface area (Å²) in [6.07, 6.45) is 0. The Morgan fingerprint density at radius 2 is 1.75 bits per heavy atom. The predicted octanol–water partition coefficient (Wildman–Crippen LogP) is 1.59. The second-order valence-corrected chi connectivity index (χ2v) is 5.82. The lowest BCUT2D eigenvalue weighted by atomic mass is 10.3. The van der Waals surface area contributed by atoms with E-state index in [1.165, 1.54) is 31.2 Å². The van der Waals surface area contributed by atoms with Crippen LogP contribution in [0.15, 0.2) is 29.2 Å². The number of hydrogen-bond donors (Lipinski definition) is 0. The van der Waals surface area contributed by atoms with Gasteiger partial charge in [0, 0.05) is 12.7 Å². The summed E-state index contributed by atoms with van der Waals surface area (Å²) in [6, 6.07) is 4.04. The van der Waals surface area contributed by atoms with E-state index in [2.05, 4.69) is 4.74 Å². The molecule has 0 atom stereocenters. The number of anilines is 1. The van der Waals surface area contributed by atoms with Crippen molar-refractivity contribution in [3.63, 3.8) is 0 Å². The number of likely N-dealkylation sites (N-methyl/N-ethyl adjacent to an activating group) is 1. The van der Waals surface area contributed by atoms with Crippen LogP contribution in [-0.2, 0) is 19.4 Å². The summed E-state index contributed by atoms with van der Waals surface area (Å²) < 4.78 is 63.7. The van der Waals surface area contributed by atoms with E-state index in [0.717, 1.165) is 12.1 Å². The van der Waals surface area contributed by atoms with Crippen LogP contribution in [0.25, 0.3) is 0 Å². The number of methoxy groups -OCH3 is 1. The van der Waals surface area contributed by atoms with Crippen LogP contribution >= 0.6 is 0 Å². The number of esters is 1. The van der Waals surface area contributed by atoms with E-state index in [0.29, 0.717) is 5.69 Å². The smallest absolute Gasteiger partial charge is 0.468 e. The van der Waals surface area contributed by atoms with Gasteiger partial charge in [-0.2, -0.15) is 13.2 Å². The molecule has 0 amide bonds. The fraction of sp³-hybridized carbons (Fsp3) is 0.364. The van der Waals surface area contributed by atoms with Gasteiger partial charge in [-0.1, -0.05) is 0 Å². The summed E-state index contributed by atoms with van der Waals surface area (Å²) in [4.78, 5) is 11.6. The van der Waals surface area contributed by atoms with E-state index in [1.54, 1.807) is 0 Å². The lowest BCUT2D eigenvalue weighted by Crippen LogP contribution is -2.26. The molecule has 9 heteroatoms. The maximum Gasteiger partial charge on any atom is 0.501 e. The third kappa shape index (κ3) is 3.41. The van der Waals surface area contributed by atoms with Crippen molar-refractivity contribution >= 4 is 21.5 Å². The van der Waals surface area contributed by atoms with Gasteiger partial charge in [0.2, 0.25) is 0 Å². The number of sulfone groups is 1. The Balaban J connectivity index is 2.98. The number of rotatable bonds is 4. The topological polar surface area (TPSA) is 63.7 Å². The van der Waals surface area contributed by atoms with Gasteiger partial charge in [0.25, 0.3) is 9.84 Å². The Bertz CT molecular complexity index is 581. The molecule has 0 bridgehead atoms. The third-order valence-corrected chi connectivity index (χ3v) is 3.99. The lowest BCUT2D eigenvalue weighted by molar-refractivity contribution is -0.138. The summed E-state index contributed by atoms with van der Waals surface area (Å²) in [7, 11) is -2.64. The van der Waals surface area contributed by atoms with Crippen LogP contribution in [0.1, 0.15) is 0 Å². The van der Waals surface area contributed by atoms with Crippen molar-refractivity contribution in [3.05, 3.63) is 24.3 Å². The van der Waals surface area contributed by atoms with E-state index in [4.69, 9.17) is 0 Å². The van der Waals surface area contributed by atoms with Crippen molar-refractivity contribution in [1.82, 2.24) is 0 Å². The molecular formula is C11H12F3NO4S. The Morgan fingerprint density at radius 1 is 1.25 bits per heavy atom.